The summed E-state index contributed by atoms with van der Waals surface area (Å²) in [5.41, 5.74) is -0.956. The number of rotatable bonds is 2. The van der Waals surface area contributed by atoms with Gasteiger partial charge in [0, 0.05) is 20.2 Å². The Bertz CT molecular complexity index is 258. The van der Waals surface area contributed by atoms with Crippen molar-refractivity contribution in [2.45, 2.75) is 44.8 Å². The van der Waals surface area contributed by atoms with Crippen LogP contribution in [0, 0.1) is 0 Å². The summed E-state index contributed by atoms with van der Waals surface area (Å²) in [5.74, 6) is 0. The number of ether oxygens (including phenoxy) is 2. The first kappa shape index (κ1) is 14.3. The molecule has 1 heterocycles. The molecule has 1 rings (SSSR count). The van der Waals surface area contributed by atoms with E-state index in [4.69, 9.17) is 9.47 Å². The highest BCUT2D eigenvalue weighted by Crippen LogP contribution is 2.26. The van der Waals surface area contributed by atoms with Gasteiger partial charge in [-0.15, -0.1) is 0 Å². The third-order valence-corrected chi connectivity index (χ3v) is 3.05. The van der Waals surface area contributed by atoms with E-state index in [-0.39, 0.29) is 12.7 Å². The Labute approximate surface area is 103 Å². The number of likely N-dealkylation sites (tertiary alicyclic amines) is 1. The number of hydrogen-bond acceptors (Lipinski definition) is 4. The molecule has 5 nitrogen and oxygen atoms in total. The maximum absolute atomic E-state index is 11.8. The summed E-state index contributed by atoms with van der Waals surface area (Å²) < 4.78 is 10.6. The highest BCUT2D eigenvalue weighted by molar-refractivity contribution is 5.68. The molecule has 1 N–H and O–H groups in total. The second-order valence-corrected chi connectivity index (χ2v) is 5.51. The summed E-state index contributed by atoms with van der Waals surface area (Å²) in [6, 6.07) is 0. The average Bonchev–Trinajstić information content (AvgIpc) is 2.27. The molecule has 0 aromatic heterocycles. The summed E-state index contributed by atoms with van der Waals surface area (Å²) in [5, 5.41) is 9.29. The minimum absolute atomic E-state index is 0.00828. The molecule has 1 saturated heterocycles. The third kappa shape index (κ3) is 3.85. The summed E-state index contributed by atoms with van der Waals surface area (Å²) in [6.45, 7) is 6.66. The van der Waals surface area contributed by atoms with Crippen LogP contribution in [-0.2, 0) is 9.47 Å². The van der Waals surface area contributed by atoms with Gasteiger partial charge in [-0.2, -0.15) is 0 Å². The van der Waals surface area contributed by atoms with Gasteiger partial charge in [-0.3, -0.25) is 0 Å². The highest BCUT2D eigenvalue weighted by Gasteiger charge is 2.36. The van der Waals surface area contributed by atoms with Gasteiger partial charge in [-0.05, 0) is 33.6 Å². The molecule has 0 aromatic rings. The topological polar surface area (TPSA) is 59.0 Å². The fourth-order valence-corrected chi connectivity index (χ4v) is 1.85. The maximum atomic E-state index is 11.8. The molecule has 0 aromatic carbocycles. The predicted octanol–water partition coefficient (Wildman–Crippen LogP) is 1.39. The minimum atomic E-state index is -0.488. The van der Waals surface area contributed by atoms with E-state index in [0.717, 1.165) is 0 Å². The number of hydrogen-bond donors (Lipinski definition) is 1. The van der Waals surface area contributed by atoms with Crippen molar-refractivity contribution >= 4 is 6.09 Å². The lowest BCUT2D eigenvalue weighted by atomic mass is 9.92. The normalized spacial score (nSPS) is 20.2. The molecule has 1 aliphatic heterocycles. The van der Waals surface area contributed by atoms with Crippen LogP contribution in [-0.4, -0.2) is 54.1 Å². The lowest BCUT2D eigenvalue weighted by Gasteiger charge is -2.39. The molecule has 0 spiro atoms. The number of carbonyl (C=O) groups excluding carboxylic acids is 1. The smallest absolute Gasteiger partial charge is 0.410 e. The van der Waals surface area contributed by atoms with Crippen molar-refractivity contribution in [3.63, 3.8) is 0 Å². The van der Waals surface area contributed by atoms with Crippen LogP contribution in [0.2, 0.25) is 0 Å². The van der Waals surface area contributed by atoms with Gasteiger partial charge < -0.3 is 19.5 Å². The molecule has 1 fully saturated rings. The van der Waals surface area contributed by atoms with Crippen molar-refractivity contribution in [1.29, 1.82) is 0 Å². The SMILES string of the molecule is COC1(CO)CCN(C(=O)OC(C)(C)C)CC1. The van der Waals surface area contributed by atoms with Crippen LogP contribution < -0.4 is 0 Å². The van der Waals surface area contributed by atoms with E-state index < -0.39 is 11.2 Å². The Morgan fingerprint density at radius 1 is 1.35 bits per heavy atom. The zero-order valence-electron chi connectivity index (χ0n) is 11.2. The first-order chi connectivity index (χ1) is 7.82. The molecule has 0 radical (unpaired) electrons. The van der Waals surface area contributed by atoms with Crippen molar-refractivity contribution in [1.82, 2.24) is 4.90 Å². The quantitative estimate of drug-likeness (QED) is 0.798. The van der Waals surface area contributed by atoms with Gasteiger partial charge in [0.25, 0.3) is 0 Å². The van der Waals surface area contributed by atoms with Crippen molar-refractivity contribution in [2.24, 2.45) is 0 Å². The molecule has 5 heteroatoms. The Kier molecular flexibility index (Phi) is 4.38. The van der Waals surface area contributed by atoms with Gasteiger partial charge in [-0.1, -0.05) is 0 Å². The van der Waals surface area contributed by atoms with Gasteiger partial charge in [0.1, 0.15) is 5.60 Å². The van der Waals surface area contributed by atoms with Crippen LogP contribution in [0.3, 0.4) is 0 Å². The number of piperidine rings is 1. The number of methoxy groups -OCH3 is 1. The van der Waals surface area contributed by atoms with Crippen LogP contribution in [0.1, 0.15) is 33.6 Å². The minimum Gasteiger partial charge on any atom is -0.444 e. The van der Waals surface area contributed by atoms with Gasteiger partial charge in [0.05, 0.1) is 12.2 Å². The van der Waals surface area contributed by atoms with Crippen LogP contribution in [0.4, 0.5) is 4.79 Å². The van der Waals surface area contributed by atoms with Crippen LogP contribution in [0.5, 0.6) is 0 Å². The van der Waals surface area contributed by atoms with E-state index in [2.05, 4.69) is 0 Å². The van der Waals surface area contributed by atoms with Crippen molar-refractivity contribution < 1.29 is 19.4 Å². The number of nitrogens with zero attached hydrogens (tertiary/aromatic N) is 1. The second-order valence-electron chi connectivity index (χ2n) is 5.51. The Hall–Kier alpha value is -0.810. The van der Waals surface area contributed by atoms with E-state index in [1.54, 1.807) is 12.0 Å². The third-order valence-electron chi connectivity index (χ3n) is 3.05. The molecule has 1 aliphatic rings. The van der Waals surface area contributed by atoms with E-state index in [1.807, 2.05) is 20.8 Å². The zero-order chi connectivity index (χ0) is 13.1. The number of carbonyl (C=O) groups is 1. The Morgan fingerprint density at radius 2 is 1.88 bits per heavy atom. The van der Waals surface area contributed by atoms with Crippen LogP contribution in [0.15, 0.2) is 0 Å². The lowest BCUT2D eigenvalue weighted by molar-refractivity contribution is -0.0893. The molecule has 0 unspecified atom stereocenters. The number of aliphatic hydroxyl groups is 1. The molecule has 0 atom stereocenters. The van der Waals surface area contributed by atoms with Gasteiger partial charge in [-0.25, -0.2) is 4.79 Å². The van der Waals surface area contributed by atoms with E-state index in [9.17, 15) is 9.90 Å². The van der Waals surface area contributed by atoms with Gasteiger partial charge >= 0.3 is 6.09 Å². The van der Waals surface area contributed by atoms with E-state index in [1.165, 1.54) is 0 Å². The molecule has 1 amide bonds. The fourth-order valence-electron chi connectivity index (χ4n) is 1.85. The molecule has 17 heavy (non-hydrogen) atoms. The molecule has 0 bridgehead atoms. The Balaban J connectivity index is 2.49. The van der Waals surface area contributed by atoms with Crippen molar-refractivity contribution in [3.05, 3.63) is 0 Å². The van der Waals surface area contributed by atoms with E-state index >= 15 is 0 Å². The van der Waals surface area contributed by atoms with Gasteiger partial charge in [0.2, 0.25) is 0 Å². The molecule has 0 aliphatic carbocycles. The molecule has 0 saturated carbocycles. The first-order valence-corrected chi connectivity index (χ1v) is 5.96. The summed E-state index contributed by atoms with van der Waals surface area (Å²) in [4.78, 5) is 13.5. The lowest BCUT2D eigenvalue weighted by Crippen LogP contribution is -2.50. The van der Waals surface area contributed by atoms with Crippen molar-refractivity contribution in [3.8, 4) is 0 Å². The monoisotopic (exact) mass is 245 g/mol. The second kappa shape index (κ2) is 5.23. The van der Waals surface area contributed by atoms with Crippen molar-refractivity contribution in [2.75, 3.05) is 26.8 Å². The van der Waals surface area contributed by atoms with Gasteiger partial charge in [0.15, 0.2) is 0 Å². The zero-order valence-corrected chi connectivity index (χ0v) is 11.2. The Morgan fingerprint density at radius 3 is 2.24 bits per heavy atom. The first-order valence-electron chi connectivity index (χ1n) is 5.96. The molecule has 100 valence electrons. The maximum Gasteiger partial charge on any atom is 0.410 e. The average molecular weight is 245 g/mol. The van der Waals surface area contributed by atoms with E-state index in [0.29, 0.717) is 25.9 Å². The predicted molar refractivity (Wildman–Crippen MR) is 63.9 cm³/mol. The summed E-state index contributed by atoms with van der Waals surface area (Å²) in [6.07, 6.45) is 0.985. The fraction of sp³-hybridized carbons (Fsp3) is 0.917. The standard InChI is InChI=1S/C12H23NO4/c1-11(2,3)17-10(15)13-7-5-12(9-14,16-4)6-8-13/h14H,5-9H2,1-4H3. The van der Waals surface area contributed by atoms with Crippen LogP contribution in [0.25, 0.3) is 0 Å². The molecular formula is C12H23NO4. The number of amides is 1. The molecular weight excluding hydrogens is 222 g/mol. The largest absolute Gasteiger partial charge is 0.444 e. The summed E-state index contributed by atoms with van der Waals surface area (Å²) >= 11 is 0. The highest BCUT2D eigenvalue weighted by atomic mass is 16.6. The van der Waals surface area contributed by atoms with Crippen LogP contribution >= 0.6 is 0 Å². The summed E-state index contributed by atoms with van der Waals surface area (Å²) in [7, 11) is 1.60. The number of aliphatic hydroxyl groups excluding tert-OH is 1.